The van der Waals surface area contributed by atoms with Gasteiger partial charge in [0.1, 0.15) is 23.5 Å². The lowest BCUT2D eigenvalue weighted by atomic mass is 10.2. The quantitative estimate of drug-likeness (QED) is 0.605. The number of carbonyl (C=O) groups excluding carboxylic acids is 1. The number of hydrogen-bond donors (Lipinski definition) is 1. The van der Waals surface area contributed by atoms with Crippen LogP contribution < -0.4 is 5.32 Å². The van der Waals surface area contributed by atoms with Crippen LogP contribution in [-0.2, 0) is 11.3 Å². The molecule has 7 nitrogen and oxygen atoms in total. The van der Waals surface area contributed by atoms with E-state index in [2.05, 4.69) is 27.4 Å². The summed E-state index contributed by atoms with van der Waals surface area (Å²) < 4.78 is 17.3. The van der Waals surface area contributed by atoms with E-state index in [1.807, 2.05) is 6.92 Å². The lowest BCUT2D eigenvalue weighted by Crippen LogP contribution is -2.08. The number of benzene rings is 1. The third kappa shape index (κ3) is 4.45. The van der Waals surface area contributed by atoms with Gasteiger partial charge in [-0.15, -0.1) is 0 Å². The summed E-state index contributed by atoms with van der Waals surface area (Å²) in [6.45, 7) is 4.66. The van der Waals surface area contributed by atoms with Crippen LogP contribution in [0.15, 0.2) is 36.9 Å². The fourth-order valence-electron chi connectivity index (χ4n) is 2.66. The first-order valence-electron chi connectivity index (χ1n) is 8.86. The fourth-order valence-corrected chi connectivity index (χ4v) is 2.98. The minimum absolute atomic E-state index is 0.243. The van der Waals surface area contributed by atoms with Gasteiger partial charge in [0, 0.05) is 23.9 Å². The van der Waals surface area contributed by atoms with E-state index >= 15 is 0 Å². The molecule has 9 heteroatoms. The van der Waals surface area contributed by atoms with E-state index < -0.39 is 11.7 Å². The normalized spacial score (nSPS) is 11.3. The first-order chi connectivity index (χ1) is 13.5. The number of aromatic nitrogens is 5. The van der Waals surface area contributed by atoms with Crippen LogP contribution in [0.25, 0.3) is 11.8 Å². The summed E-state index contributed by atoms with van der Waals surface area (Å²) >= 11 is 6.35. The van der Waals surface area contributed by atoms with E-state index in [1.54, 1.807) is 16.8 Å². The van der Waals surface area contributed by atoms with Crippen molar-refractivity contribution in [3.63, 3.8) is 0 Å². The summed E-state index contributed by atoms with van der Waals surface area (Å²) in [6, 6.07) is 4.33. The van der Waals surface area contributed by atoms with Gasteiger partial charge in [-0.05, 0) is 37.6 Å². The third-order valence-electron chi connectivity index (χ3n) is 4.11. The average molecular weight is 403 g/mol. The lowest BCUT2D eigenvalue weighted by molar-refractivity contribution is -0.111. The molecule has 0 aliphatic heterocycles. The number of rotatable bonds is 7. The number of nitrogens with zero attached hydrogens (tertiary/aromatic N) is 5. The molecule has 0 aliphatic rings. The molecule has 0 radical (unpaired) electrons. The Morgan fingerprint density at radius 3 is 2.89 bits per heavy atom. The van der Waals surface area contributed by atoms with Gasteiger partial charge in [0.25, 0.3) is 0 Å². The number of hydrogen-bond acceptors (Lipinski definition) is 4. The first kappa shape index (κ1) is 19.8. The van der Waals surface area contributed by atoms with Gasteiger partial charge >= 0.3 is 0 Å². The number of unbranched alkanes of at least 4 members (excludes halogenated alkanes) is 1. The Hall–Kier alpha value is -3.00. The molecule has 146 valence electrons. The zero-order valence-electron chi connectivity index (χ0n) is 15.6. The number of nitrogens with one attached hydrogen (secondary N) is 1. The van der Waals surface area contributed by atoms with Gasteiger partial charge in [-0.3, -0.25) is 9.48 Å². The molecular weight excluding hydrogens is 383 g/mol. The molecule has 2 aromatic heterocycles. The van der Waals surface area contributed by atoms with Crippen LogP contribution in [-0.4, -0.2) is 30.5 Å². The van der Waals surface area contributed by atoms with Crippen molar-refractivity contribution in [2.75, 3.05) is 5.32 Å². The highest BCUT2D eigenvalue weighted by atomic mass is 35.5. The fraction of sp³-hybridized carbons (Fsp3) is 0.263. The van der Waals surface area contributed by atoms with Gasteiger partial charge in [0.2, 0.25) is 5.91 Å². The van der Waals surface area contributed by atoms with E-state index in [4.69, 9.17) is 11.6 Å². The van der Waals surface area contributed by atoms with Gasteiger partial charge in [0.05, 0.1) is 5.69 Å². The molecule has 0 unspecified atom stereocenters. The average Bonchev–Trinajstić information content (AvgIpc) is 3.27. The summed E-state index contributed by atoms with van der Waals surface area (Å²) in [5.74, 6) is -0.923. The van der Waals surface area contributed by atoms with Crippen LogP contribution in [0.5, 0.6) is 0 Å². The zero-order valence-corrected chi connectivity index (χ0v) is 16.3. The maximum absolute atomic E-state index is 14.2. The second kappa shape index (κ2) is 8.79. The largest absolute Gasteiger partial charge is 0.322 e. The number of carbonyl (C=O) groups is 1. The van der Waals surface area contributed by atoms with Gasteiger partial charge < -0.3 is 5.32 Å². The Morgan fingerprint density at radius 1 is 1.39 bits per heavy atom. The molecule has 0 spiro atoms. The van der Waals surface area contributed by atoms with Crippen LogP contribution in [0.1, 0.15) is 31.0 Å². The summed E-state index contributed by atoms with van der Waals surface area (Å²) in [6.07, 6.45) is 7.69. The van der Waals surface area contributed by atoms with Crippen molar-refractivity contribution >= 4 is 29.3 Å². The monoisotopic (exact) mass is 402 g/mol. The van der Waals surface area contributed by atoms with Crippen molar-refractivity contribution < 1.29 is 9.18 Å². The van der Waals surface area contributed by atoms with Gasteiger partial charge in [-0.1, -0.05) is 24.9 Å². The second-order valence-electron chi connectivity index (χ2n) is 6.20. The third-order valence-corrected chi connectivity index (χ3v) is 4.51. The summed E-state index contributed by atoms with van der Waals surface area (Å²) in [5, 5.41) is 11.4. The molecule has 0 bridgehead atoms. The van der Waals surface area contributed by atoms with E-state index in [-0.39, 0.29) is 5.69 Å². The maximum atomic E-state index is 14.2. The number of anilines is 1. The predicted molar refractivity (Wildman–Crippen MR) is 106 cm³/mol. The minimum Gasteiger partial charge on any atom is -0.322 e. The van der Waals surface area contributed by atoms with Gasteiger partial charge in [0.15, 0.2) is 5.82 Å². The summed E-state index contributed by atoms with van der Waals surface area (Å²) in [7, 11) is 0. The van der Waals surface area contributed by atoms with Gasteiger partial charge in [-0.25, -0.2) is 14.1 Å². The standard InChI is InChI=1S/C19H20ClFN6O/c1-3-4-9-26-19(20)15(13(2)25-26)6-8-18(28)24-14-5-7-17(16(21)10-14)27-12-22-11-23-27/h5-8,10-12H,3-4,9H2,1-2H3,(H,24,28)/b8-6+. The Bertz CT molecular complexity index is 996. The molecule has 3 rings (SSSR count). The number of halogens is 2. The Morgan fingerprint density at radius 2 is 2.21 bits per heavy atom. The molecule has 3 aromatic rings. The van der Waals surface area contributed by atoms with E-state index in [1.165, 1.54) is 35.5 Å². The van der Waals surface area contributed by atoms with E-state index in [9.17, 15) is 9.18 Å². The Kier molecular flexibility index (Phi) is 6.20. The van der Waals surface area contributed by atoms with Crippen molar-refractivity contribution in [1.82, 2.24) is 24.5 Å². The maximum Gasteiger partial charge on any atom is 0.248 e. The van der Waals surface area contributed by atoms with Crippen LogP contribution in [0.3, 0.4) is 0 Å². The molecule has 1 N–H and O–H groups in total. The highest BCUT2D eigenvalue weighted by molar-refractivity contribution is 6.31. The molecule has 0 fully saturated rings. The van der Waals surface area contributed by atoms with Crippen LogP contribution in [0, 0.1) is 12.7 Å². The van der Waals surface area contributed by atoms with Crippen molar-refractivity contribution in [3.05, 3.63) is 59.2 Å². The molecule has 0 saturated heterocycles. The van der Waals surface area contributed by atoms with Crippen LogP contribution >= 0.6 is 11.6 Å². The van der Waals surface area contributed by atoms with E-state index in [0.29, 0.717) is 16.4 Å². The summed E-state index contributed by atoms with van der Waals surface area (Å²) in [5.41, 5.74) is 2.01. The van der Waals surface area contributed by atoms with Crippen molar-refractivity contribution in [2.45, 2.75) is 33.2 Å². The Labute approximate surface area is 166 Å². The topological polar surface area (TPSA) is 77.6 Å². The van der Waals surface area contributed by atoms with Gasteiger partial charge in [-0.2, -0.15) is 10.2 Å². The van der Waals surface area contributed by atoms with Crippen LogP contribution in [0.4, 0.5) is 10.1 Å². The molecule has 0 aliphatic carbocycles. The predicted octanol–water partition coefficient (Wildman–Crippen LogP) is 4.02. The minimum atomic E-state index is -0.525. The SMILES string of the molecule is CCCCn1nc(C)c(/C=C/C(=O)Nc2ccc(-n3cncn3)c(F)c2)c1Cl. The highest BCUT2D eigenvalue weighted by Crippen LogP contribution is 2.22. The lowest BCUT2D eigenvalue weighted by Gasteiger charge is -2.06. The number of aryl methyl sites for hydroxylation is 2. The Balaban J connectivity index is 1.69. The summed E-state index contributed by atoms with van der Waals surface area (Å²) in [4.78, 5) is 16.0. The first-order valence-corrected chi connectivity index (χ1v) is 9.24. The molecule has 1 aromatic carbocycles. The molecule has 28 heavy (non-hydrogen) atoms. The number of amides is 1. The molecule has 1 amide bonds. The highest BCUT2D eigenvalue weighted by Gasteiger charge is 2.11. The van der Waals surface area contributed by atoms with E-state index in [0.717, 1.165) is 25.1 Å². The molecule has 2 heterocycles. The van der Waals surface area contributed by atoms with Crippen molar-refractivity contribution in [3.8, 4) is 5.69 Å². The second-order valence-corrected chi connectivity index (χ2v) is 6.55. The molecule has 0 saturated carbocycles. The van der Waals surface area contributed by atoms with Crippen LogP contribution in [0.2, 0.25) is 5.15 Å². The zero-order chi connectivity index (χ0) is 20.1. The smallest absolute Gasteiger partial charge is 0.248 e. The molecule has 0 atom stereocenters. The van der Waals surface area contributed by atoms with Crippen molar-refractivity contribution in [2.24, 2.45) is 0 Å². The molecular formula is C19H20ClFN6O. The van der Waals surface area contributed by atoms with Crippen molar-refractivity contribution in [1.29, 1.82) is 0 Å².